The average molecular weight is 792 g/mol. The van der Waals surface area contributed by atoms with Crippen LogP contribution in [0.15, 0.2) is 109 Å². The van der Waals surface area contributed by atoms with Crippen LogP contribution in [0.25, 0.3) is 0 Å². The zero-order valence-corrected chi connectivity index (χ0v) is 33.6. The predicted octanol–water partition coefficient (Wildman–Crippen LogP) is 6.21. The molecule has 0 saturated carbocycles. The van der Waals surface area contributed by atoms with E-state index in [4.69, 9.17) is 9.47 Å². The van der Waals surface area contributed by atoms with Crippen LogP contribution in [-0.4, -0.2) is 53.8 Å². The summed E-state index contributed by atoms with van der Waals surface area (Å²) in [6.07, 6.45) is -0.391. The predicted molar refractivity (Wildman–Crippen MR) is 221 cm³/mol. The zero-order valence-electron chi connectivity index (χ0n) is 33.6. The van der Waals surface area contributed by atoms with Crippen molar-refractivity contribution in [3.8, 4) is 0 Å². The summed E-state index contributed by atoms with van der Waals surface area (Å²) in [4.78, 5) is 79.8. The summed E-state index contributed by atoms with van der Waals surface area (Å²) >= 11 is 0. The molecule has 0 bridgehead atoms. The molecule has 3 atom stereocenters. The molecule has 5 amide bonds. The fourth-order valence-electron chi connectivity index (χ4n) is 5.85. The topological polar surface area (TPSA) is 181 Å². The third-order valence-corrected chi connectivity index (χ3v) is 9.02. The lowest BCUT2D eigenvalue weighted by molar-refractivity contribution is -0.151. The molecule has 0 saturated heterocycles. The molecule has 306 valence electrons. The van der Waals surface area contributed by atoms with E-state index in [1.165, 1.54) is 0 Å². The third-order valence-electron chi connectivity index (χ3n) is 9.02. The lowest BCUT2D eigenvalue weighted by atomic mass is 10.0. The number of rotatable bonds is 19. The van der Waals surface area contributed by atoms with Crippen LogP contribution < -0.4 is 26.6 Å². The normalized spacial score (nSPS) is 12.4. The second-order valence-electron chi connectivity index (χ2n) is 14.8. The molecule has 0 aromatic heterocycles. The molecule has 0 heterocycles. The van der Waals surface area contributed by atoms with Crippen LogP contribution in [0.5, 0.6) is 0 Å². The number of nitrogens with one attached hydrogen (secondary N) is 5. The number of hydrogen-bond acceptors (Lipinski definition) is 8. The van der Waals surface area contributed by atoms with Crippen LogP contribution in [0.1, 0.15) is 62.8 Å². The first-order valence-corrected chi connectivity index (χ1v) is 19.3. The van der Waals surface area contributed by atoms with Crippen molar-refractivity contribution >= 4 is 47.1 Å². The van der Waals surface area contributed by atoms with Crippen LogP contribution in [0, 0.1) is 18.8 Å². The molecule has 0 radical (unpaired) electrons. The Morgan fingerprint density at radius 3 is 1.74 bits per heavy atom. The highest BCUT2D eigenvalue weighted by Gasteiger charge is 2.33. The highest BCUT2D eigenvalue weighted by atomic mass is 16.5. The standard InChI is InChI=1S/C45H53N5O8/c1-29(2)24-37(47-39(51)25-32-20-22-35(23-21-32)46-45(56)49-36-19-13-12-14-31(36)5)42(53)48-38(26-40(52)57-27-33-15-8-6-9-16-33)43(54)50-41(30(3)4)44(55)58-28-34-17-10-7-11-18-34/h6-23,29-30,37-38,41H,24-28H2,1-5H3,(H,47,51)(H,48,53)(H,50,54)(H2,46,49,56)/t37-,38-,41-/m0/s1. The van der Waals surface area contributed by atoms with Gasteiger partial charge in [0.25, 0.3) is 0 Å². The summed E-state index contributed by atoms with van der Waals surface area (Å²) in [6, 6.07) is 28.2. The molecular formula is C45H53N5O8. The average Bonchev–Trinajstić information content (AvgIpc) is 3.19. The fraction of sp³-hybridized carbons (Fsp3) is 0.333. The Bertz CT molecular complexity index is 1990. The van der Waals surface area contributed by atoms with Crippen LogP contribution in [0.2, 0.25) is 0 Å². The molecule has 5 N–H and O–H groups in total. The summed E-state index contributed by atoms with van der Waals surface area (Å²) in [6.45, 7) is 9.07. The molecule has 58 heavy (non-hydrogen) atoms. The summed E-state index contributed by atoms with van der Waals surface area (Å²) < 4.78 is 10.9. The van der Waals surface area contributed by atoms with Gasteiger partial charge in [-0.1, -0.05) is 119 Å². The summed E-state index contributed by atoms with van der Waals surface area (Å²) in [7, 11) is 0. The minimum atomic E-state index is -1.45. The number of benzene rings is 4. The van der Waals surface area contributed by atoms with E-state index >= 15 is 0 Å². The number of amides is 5. The Morgan fingerprint density at radius 1 is 0.586 bits per heavy atom. The van der Waals surface area contributed by atoms with Crippen molar-refractivity contribution in [1.29, 1.82) is 0 Å². The van der Waals surface area contributed by atoms with Crippen molar-refractivity contribution in [3.05, 3.63) is 131 Å². The lowest BCUT2D eigenvalue weighted by Crippen LogP contribution is -2.57. The van der Waals surface area contributed by atoms with Gasteiger partial charge in [-0.05, 0) is 65.6 Å². The molecule has 4 aromatic carbocycles. The Hall–Kier alpha value is -6.50. The highest BCUT2D eigenvalue weighted by molar-refractivity contribution is 6.00. The SMILES string of the molecule is Cc1ccccc1NC(=O)Nc1ccc(CC(=O)N[C@@H](CC(C)C)C(=O)N[C@@H](CC(=O)OCc2ccccc2)C(=O)N[C@H](C(=O)OCc2ccccc2)C(C)C)cc1. The first-order chi connectivity index (χ1) is 27.8. The number of ether oxygens (including phenoxy) is 2. The maximum absolute atomic E-state index is 13.9. The molecule has 0 spiro atoms. The van der Waals surface area contributed by atoms with Crippen molar-refractivity contribution in [2.24, 2.45) is 11.8 Å². The Kier molecular flexibility index (Phi) is 17.0. The molecule has 0 aliphatic heterocycles. The summed E-state index contributed by atoms with van der Waals surface area (Å²) in [5, 5.41) is 13.7. The van der Waals surface area contributed by atoms with Crippen molar-refractivity contribution < 1.29 is 38.2 Å². The van der Waals surface area contributed by atoms with Gasteiger partial charge in [0.1, 0.15) is 31.3 Å². The second kappa shape index (κ2) is 22.3. The van der Waals surface area contributed by atoms with Gasteiger partial charge in [0.2, 0.25) is 17.7 Å². The number of aryl methyl sites for hydroxylation is 1. The van der Waals surface area contributed by atoms with E-state index < -0.39 is 66.2 Å². The van der Waals surface area contributed by atoms with Crippen LogP contribution in [0.4, 0.5) is 16.2 Å². The molecule has 0 aliphatic carbocycles. The lowest BCUT2D eigenvalue weighted by Gasteiger charge is -2.26. The van der Waals surface area contributed by atoms with E-state index in [2.05, 4.69) is 26.6 Å². The Balaban J connectivity index is 1.42. The van der Waals surface area contributed by atoms with Crippen LogP contribution in [-0.2, 0) is 53.1 Å². The second-order valence-corrected chi connectivity index (χ2v) is 14.8. The van der Waals surface area contributed by atoms with E-state index in [1.54, 1.807) is 80.6 Å². The minimum absolute atomic E-state index is 0.00595. The molecule has 4 aromatic rings. The van der Waals surface area contributed by atoms with Gasteiger partial charge in [-0.25, -0.2) is 9.59 Å². The minimum Gasteiger partial charge on any atom is -0.461 e. The zero-order chi connectivity index (χ0) is 42.0. The molecule has 13 nitrogen and oxygen atoms in total. The van der Waals surface area contributed by atoms with E-state index in [0.717, 1.165) is 16.7 Å². The number of urea groups is 1. The quantitative estimate of drug-likeness (QED) is 0.0695. The molecular weight excluding hydrogens is 739 g/mol. The molecule has 13 heteroatoms. The first-order valence-electron chi connectivity index (χ1n) is 19.3. The number of esters is 2. The van der Waals surface area contributed by atoms with Gasteiger partial charge >= 0.3 is 18.0 Å². The van der Waals surface area contributed by atoms with Gasteiger partial charge in [-0.3, -0.25) is 19.2 Å². The number of hydrogen-bond donors (Lipinski definition) is 5. The van der Waals surface area contributed by atoms with Gasteiger partial charge in [0, 0.05) is 11.4 Å². The molecule has 0 aliphatic rings. The Labute approximate surface area is 339 Å². The maximum Gasteiger partial charge on any atom is 0.329 e. The highest BCUT2D eigenvalue weighted by Crippen LogP contribution is 2.16. The van der Waals surface area contributed by atoms with Crippen molar-refractivity contribution in [3.63, 3.8) is 0 Å². The maximum atomic E-state index is 13.9. The van der Waals surface area contributed by atoms with Crippen molar-refractivity contribution in [2.75, 3.05) is 10.6 Å². The number of carbonyl (C=O) groups excluding carboxylic acids is 6. The van der Waals surface area contributed by atoms with Gasteiger partial charge in [0.15, 0.2) is 0 Å². The van der Waals surface area contributed by atoms with Gasteiger partial charge in [-0.15, -0.1) is 0 Å². The smallest absolute Gasteiger partial charge is 0.329 e. The number of anilines is 2. The monoisotopic (exact) mass is 791 g/mol. The summed E-state index contributed by atoms with van der Waals surface area (Å²) in [5.74, 6) is -3.82. The molecule has 0 unspecified atom stereocenters. The van der Waals surface area contributed by atoms with E-state index in [-0.39, 0.29) is 32.0 Å². The van der Waals surface area contributed by atoms with E-state index in [9.17, 15) is 28.8 Å². The summed E-state index contributed by atoms with van der Waals surface area (Å²) in [5.41, 5.74) is 4.24. The van der Waals surface area contributed by atoms with E-state index in [1.807, 2.05) is 63.2 Å². The fourth-order valence-corrected chi connectivity index (χ4v) is 5.85. The van der Waals surface area contributed by atoms with Crippen LogP contribution in [0.3, 0.4) is 0 Å². The molecule has 0 fully saturated rings. The largest absolute Gasteiger partial charge is 0.461 e. The van der Waals surface area contributed by atoms with Gasteiger partial charge in [-0.2, -0.15) is 0 Å². The molecule has 4 rings (SSSR count). The van der Waals surface area contributed by atoms with E-state index in [0.29, 0.717) is 16.9 Å². The van der Waals surface area contributed by atoms with Crippen LogP contribution >= 0.6 is 0 Å². The van der Waals surface area contributed by atoms with Crippen molar-refractivity contribution in [1.82, 2.24) is 16.0 Å². The number of para-hydroxylation sites is 1. The Morgan fingerprint density at radius 2 is 1.16 bits per heavy atom. The van der Waals surface area contributed by atoms with Gasteiger partial charge < -0.3 is 36.1 Å². The van der Waals surface area contributed by atoms with Gasteiger partial charge in [0.05, 0.1) is 12.8 Å². The first kappa shape index (κ1) is 44.2. The third kappa shape index (κ3) is 14.9. The number of carbonyl (C=O) groups is 6. The van der Waals surface area contributed by atoms with Crippen molar-refractivity contribution in [2.45, 2.75) is 85.2 Å².